The van der Waals surface area contributed by atoms with Gasteiger partial charge in [-0.3, -0.25) is 0 Å². The van der Waals surface area contributed by atoms with E-state index in [1.165, 1.54) is 12.1 Å². The van der Waals surface area contributed by atoms with Gasteiger partial charge in [-0.05, 0) is 80.6 Å². The Morgan fingerprint density at radius 1 is 1.09 bits per heavy atom. The molecule has 2 saturated heterocycles. The Labute approximate surface area is 193 Å². The van der Waals surface area contributed by atoms with Crippen LogP contribution < -0.4 is 0 Å². The summed E-state index contributed by atoms with van der Waals surface area (Å²) in [7, 11) is 2.08. The molecule has 5 nitrogen and oxygen atoms in total. The average molecular weight is 463 g/mol. The highest BCUT2D eigenvalue weighted by atomic mass is 19.4. The third kappa shape index (κ3) is 4.83. The van der Waals surface area contributed by atoms with Crippen molar-refractivity contribution in [2.45, 2.75) is 63.0 Å². The smallest absolute Gasteiger partial charge is 0.381 e. The minimum Gasteiger partial charge on any atom is -0.381 e. The molecule has 1 aromatic carbocycles. The molecule has 1 unspecified atom stereocenters. The van der Waals surface area contributed by atoms with Crippen molar-refractivity contribution < 1.29 is 17.9 Å². The summed E-state index contributed by atoms with van der Waals surface area (Å²) in [5.41, 5.74) is 0.784. The monoisotopic (exact) mass is 462 g/mol. The summed E-state index contributed by atoms with van der Waals surface area (Å²) in [6.45, 7) is 4.85. The fraction of sp³-hybridized carbons (Fsp3) is 0.680. The molecule has 1 spiro atoms. The summed E-state index contributed by atoms with van der Waals surface area (Å²) in [4.78, 5) is 2.54. The van der Waals surface area contributed by atoms with E-state index in [9.17, 15) is 13.2 Å². The van der Waals surface area contributed by atoms with Gasteiger partial charge in [-0.1, -0.05) is 12.1 Å². The third-order valence-electron chi connectivity index (χ3n) is 8.00. The van der Waals surface area contributed by atoms with Crippen LogP contribution >= 0.6 is 0 Å². The molecule has 0 N–H and O–H groups in total. The highest BCUT2D eigenvalue weighted by Crippen LogP contribution is 2.64. The third-order valence-corrected chi connectivity index (χ3v) is 8.00. The molecule has 3 aliphatic rings. The molecule has 180 valence electrons. The lowest BCUT2D eigenvalue weighted by Gasteiger charge is -2.21. The first kappa shape index (κ1) is 22.8. The van der Waals surface area contributed by atoms with E-state index >= 15 is 0 Å². The van der Waals surface area contributed by atoms with Crippen molar-refractivity contribution >= 4 is 0 Å². The van der Waals surface area contributed by atoms with E-state index in [-0.39, 0.29) is 5.41 Å². The van der Waals surface area contributed by atoms with Crippen LogP contribution in [0.15, 0.2) is 24.3 Å². The largest absolute Gasteiger partial charge is 0.416 e. The maximum atomic E-state index is 12.8. The highest BCUT2D eigenvalue weighted by molar-refractivity contribution is 5.34. The van der Waals surface area contributed by atoms with Crippen molar-refractivity contribution in [3.05, 3.63) is 47.0 Å². The molecule has 3 heterocycles. The molecule has 3 fully saturated rings. The quantitative estimate of drug-likeness (QED) is 0.548. The van der Waals surface area contributed by atoms with E-state index in [4.69, 9.17) is 4.74 Å². The molecule has 0 bridgehead atoms. The number of aromatic nitrogens is 3. The number of nitrogens with zero attached hydrogens (tertiary/aromatic N) is 4. The van der Waals surface area contributed by atoms with Gasteiger partial charge in [0.15, 0.2) is 0 Å². The number of aryl methyl sites for hydroxylation is 1. The zero-order chi connectivity index (χ0) is 23.1. The summed E-state index contributed by atoms with van der Waals surface area (Å²) >= 11 is 0. The number of hydrogen-bond acceptors (Lipinski definition) is 4. The lowest BCUT2D eigenvalue weighted by molar-refractivity contribution is -0.137. The van der Waals surface area contributed by atoms with Gasteiger partial charge >= 0.3 is 6.18 Å². The Hall–Kier alpha value is -1.93. The molecule has 1 aliphatic carbocycles. The molecule has 5 rings (SSSR count). The minimum absolute atomic E-state index is 0.280. The van der Waals surface area contributed by atoms with Gasteiger partial charge in [-0.2, -0.15) is 13.2 Å². The second kappa shape index (κ2) is 9.02. The molecular weight excluding hydrogens is 429 g/mol. The number of ether oxygens (including phenoxy) is 1. The number of hydrogen-bond donors (Lipinski definition) is 0. The van der Waals surface area contributed by atoms with Crippen molar-refractivity contribution in [1.29, 1.82) is 0 Å². The summed E-state index contributed by atoms with van der Waals surface area (Å²) in [5, 5.41) is 8.91. The van der Waals surface area contributed by atoms with Crippen molar-refractivity contribution in [2.24, 2.45) is 12.5 Å². The van der Waals surface area contributed by atoms with Gasteiger partial charge in [0.2, 0.25) is 0 Å². The van der Waals surface area contributed by atoms with Gasteiger partial charge in [0.1, 0.15) is 11.6 Å². The van der Waals surface area contributed by atoms with Crippen LogP contribution in [0.4, 0.5) is 13.2 Å². The Balaban J connectivity index is 1.06. The molecular formula is C25H33F3N4O. The number of likely N-dealkylation sites (tertiary alicyclic amines) is 1. The van der Waals surface area contributed by atoms with Gasteiger partial charge < -0.3 is 14.2 Å². The van der Waals surface area contributed by atoms with E-state index in [1.807, 2.05) is 0 Å². The molecule has 2 aliphatic heterocycles. The zero-order valence-electron chi connectivity index (χ0n) is 19.3. The van der Waals surface area contributed by atoms with Crippen LogP contribution in [0.1, 0.15) is 73.1 Å². The molecule has 2 aromatic rings. The fourth-order valence-electron chi connectivity index (χ4n) is 5.87. The maximum Gasteiger partial charge on any atom is 0.416 e. The SMILES string of the molecule is Cn1c(CCCCN2CC[C@]3(CC3c3ccc(C(F)(F)F)cc3)C2)nnc1C1CCOCC1. The number of rotatable bonds is 7. The highest BCUT2D eigenvalue weighted by Gasteiger charge is 2.57. The second-order valence-corrected chi connectivity index (χ2v) is 10.1. The van der Waals surface area contributed by atoms with Gasteiger partial charge in [0.05, 0.1) is 5.56 Å². The first-order valence-electron chi connectivity index (χ1n) is 12.2. The van der Waals surface area contributed by atoms with Gasteiger partial charge in [-0.15, -0.1) is 10.2 Å². The topological polar surface area (TPSA) is 43.2 Å². The van der Waals surface area contributed by atoms with Crippen LogP contribution in [-0.2, 0) is 24.4 Å². The average Bonchev–Trinajstić information content (AvgIpc) is 3.15. The molecule has 8 heteroatoms. The lowest BCUT2D eigenvalue weighted by atomic mass is 9.97. The molecule has 1 aromatic heterocycles. The molecule has 0 radical (unpaired) electrons. The van der Waals surface area contributed by atoms with Crippen molar-refractivity contribution in [3.8, 4) is 0 Å². The van der Waals surface area contributed by atoms with E-state index in [0.29, 0.717) is 11.8 Å². The molecule has 33 heavy (non-hydrogen) atoms. The fourth-order valence-corrected chi connectivity index (χ4v) is 5.87. The van der Waals surface area contributed by atoms with E-state index in [0.717, 1.165) is 95.0 Å². The first-order chi connectivity index (χ1) is 15.9. The van der Waals surface area contributed by atoms with Gasteiger partial charge in [0, 0.05) is 39.1 Å². The Kier molecular flexibility index (Phi) is 6.25. The zero-order valence-corrected chi connectivity index (χ0v) is 19.3. The standard InChI is InChI=1S/C25H33F3N4O/c1-31-22(29-30-23(31)19-9-14-33-15-10-19)4-2-3-12-32-13-11-24(17-32)16-21(24)18-5-7-20(8-6-18)25(26,27)28/h5-8,19,21H,2-4,9-17H2,1H3/t21?,24-/m0/s1. The number of halogens is 3. The van der Waals surface area contributed by atoms with Crippen molar-refractivity contribution in [1.82, 2.24) is 19.7 Å². The Bertz CT molecular complexity index is 952. The van der Waals surface area contributed by atoms with Crippen LogP contribution in [-0.4, -0.2) is 52.5 Å². The van der Waals surface area contributed by atoms with Crippen molar-refractivity contribution in [2.75, 3.05) is 32.8 Å². The summed E-state index contributed by atoms with van der Waals surface area (Å²) in [6.07, 6.45) is 3.19. The molecule has 2 atom stereocenters. The van der Waals surface area contributed by atoms with E-state index < -0.39 is 11.7 Å². The van der Waals surface area contributed by atoms with Crippen LogP contribution in [0, 0.1) is 5.41 Å². The number of alkyl halides is 3. The maximum absolute atomic E-state index is 12.8. The van der Waals surface area contributed by atoms with Crippen molar-refractivity contribution in [3.63, 3.8) is 0 Å². The molecule has 0 amide bonds. The first-order valence-corrected chi connectivity index (χ1v) is 12.2. The summed E-state index contributed by atoms with van der Waals surface area (Å²) in [5.74, 6) is 3.03. The van der Waals surface area contributed by atoms with Crippen LogP contribution in [0.3, 0.4) is 0 Å². The van der Waals surface area contributed by atoms with Gasteiger partial charge in [0.25, 0.3) is 0 Å². The van der Waals surface area contributed by atoms with Crippen LogP contribution in [0.5, 0.6) is 0 Å². The predicted octanol–water partition coefficient (Wildman–Crippen LogP) is 4.93. The van der Waals surface area contributed by atoms with Gasteiger partial charge in [-0.25, -0.2) is 0 Å². The summed E-state index contributed by atoms with van der Waals surface area (Å²) in [6, 6.07) is 5.82. The number of benzene rings is 1. The second-order valence-electron chi connectivity index (χ2n) is 10.1. The number of unbranched alkanes of at least 4 members (excludes halogenated alkanes) is 1. The predicted molar refractivity (Wildman–Crippen MR) is 119 cm³/mol. The van der Waals surface area contributed by atoms with Crippen LogP contribution in [0.2, 0.25) is 0 Å². The van der Waals surface area contributed by atoms with E-state index in [2.05, 4.69) is 26.7 Å². The van der Waals surface area contributed by atoms with E-state index in [1.54, 1.807) is 12.1 Å². The summed E-state index contributed by atoms with van der Waals surface area (Å²) < 4.78 is 46.1. The molecule has 1 saturated carbocycles. The lowest BCUT2D eigenvalue weighted by Crippen LogP contribution is -2.23. The minimum atomic E-state index is -4.26. The van der Waals surface area contributed by atoms with Crippen LogP contribution in [0.25, 0.3) is 0 Å². The normalized spacial score (nSPS) is 26.4. The Morgan fingerprint density at radius 2 is 1.85 bits per heavy atom. The Morgan fingerprint density at radius 3 is 2.58 bits per heavy atom.